The van der Waals surface area contributed by atoms with Gasteiger partial charge in [0.2, 0.25) is 0 Å². The van der Waals surface area contributed by atoms with Crippen LogP contribution in [-0.4, -0.2) is 0 Å². The molecule has 9 aromatic rings. The Hall–Kier alpha value is -6.58. The van der Waals surface area contributed by atoms with Crippen molar-refractivity contribution in [3.63, 3.8) is 0 Å². The molecule has 0 aromatic heterocycles. The lowest BCUT2D eigenvalue weighted by molar-refractivity contribution is 0.847. The molecule has 0 saturated heterocycles. The van der Waals surface area contributed by atoms with Crippen LogP contribution >= 0.6 is 0 Å². The van der Waals surface area contributed by atoms with Gasteiger partial charge in [0, 0.05) is 56.0 Å². The van der Waals surface area contributed by atoms with E-state index in [4.69, 9.17) is 0 Å². The third-order valence-electron chi connectivity index (χ3n) is 11.4. The number of hydrogen-bond donors (Lipinski definition) is 0. The van der Waals surface area contributed by atoms with Crippen molar-refractivity contribution < 1.29 is 0 Å². The summed E-state index contributed by atoms with van der Waals surface area (Å²) in [5.74, 6) is 0.775. The molecular weight excluding hydrogens is 667 g/mol. The summed E-state index contributed by atoms with van der Waals surface area (Å²) >= 11 is 0. The summed E-state index contributed by atoms with van der Waals surface area (Å²) in [5.41, 5.74) is 12.8. The van der Waals surface area contributed by atoms with Gasteiger partial charge in [0.25, 0.3) is 0 Å². The summed E-state index contributed by atoms with van der Waals surface area (Å²) in [6.45, 7) is 9.33. The van der Waals surface area contributed by atoms with Crippen LogP contribution in [0.1, 0.15) is 50.7 Å². The molecule has 0 amide bonds. The molecule has 1 aliphatic rings. The Balaban J connectivity index is 1.42. The van der Waals surface area contributed by atoms with Gasteiger partial charge in [-0.1, -0.05) is 125 Å². The molecule has 9 aromatic carbocycles. The monoisotopic (exact) mass is 709 g/mol. The van der Waals surface area contributed by atoms with Crippen LogP contribution < -0.4 is 14.7 Å². The average Bonchev–Trinajstić information content (AvgIpc) is 3.22. The second-order valence-corrected chi connectivity index (χ2v) is 15.4. The molecule has 1 aliphatic heterocycles. The van der Waals surface area contributed by atoms with Crippen molar-refractivity contribution in [1.82, 2.24) is 0 Å². The molecule has 0 fully saturated rings. The Morgan fingerprint density at radius 3 is 1.02 bits per heavy atom. The van der Waals surface area contributed by atoms with Crippen molar-refractivity contribution in [1.29, 1.82) is 0 Å². The highest BCUT2D eigenvalue weighted by molar-refractivity contribution is 6.30. The molecule has 3 heteroatoms. The zero-order chi connectivity index (χ0) is 37.2. The third-order valence-corrected chi connectivity index (χ3v) is 11.4. The molecule has 0 radical (unpaired) electrons. The summed E-state index contributed by atoms with van der Waals surface area (Å²) in [6, 6.07) is 64.9. The minimum absolute atomic E-state index is 0.388. The van der Waals surface area contributed by atoms with Gasteiger partial charge in [-0.3, -0.25) is 0 Å². The van der Waals surface area contributed by atoms with Crippen LogP contribution in [0.4, 0.5) is 51.2 Å². The van der Waals surface area contributed by atoms with Gasteiger partial charge < -0.3 is 14.7 Å². The molecule has 55 heavy (non-hydrogen) atoms. The lowest BCUT2D eigenvalue weighted by Gasteiger charge is -2.35. The van der Waals surface area contributed by atoms with Crippen LogP contribution in [0.15, 0.2) is 176 Å². The van der Waals surface area contributed by atoms with Gasteiger partial charge in [-0.25, -0.2) is 0 Å². The smallest absolute Gasteiger partial charge is 0.0561 e. The number of hydrogen-bond acceptors (Lipinski definition) is 3. The molecule has 0 spiro atoms. The molecule has 0 atom stereocenters. The van der Waals surface area contributed by atoms with Gasteiger partial charge >= 0.3 is 0 Å². The molecule has 3 nitrogen and oxygen atoms in total. The predicted molar refractivity (Wildman–Crippen MR) is 236 cm³/mol. The first-order valence-corrected chi connectivity index (χ1v) is 19.5. The first-order chi connectivity index (χ1) is 27.0. The fourth-order valence-electron chi connectivity index (χ4n) is 8.91. The highest BCUT2D eigenvalue weighted by Crippen LogP contribution is 2.53. The quantitative estimate of drug-likeness (QED) is 0.165. The van der Waals surface area contributed by atoms with Crippen molar-refractivity contribution in [3.8, 4) is 0 Å². The Morgan fingerprint density at radius 1 is 0.291 bits per heavy atom. The van der Waals surface area contributed by atoms with E-state index >= 15 is 0 Å². The van der Waals surface area contributed by atoms with Crippen LogP contribution in [0.3, 0.4) is 0 Å². The van der Waals surface area contributed by atoms with Crippen molar-refractivity contribution in [2.45, 2.75) is 39.5 Å². The van der Waals surface area contributed by atoms with Gasteiger partial charge in [-0.2, -0.15) is 0 Å². The number of rotatable bonds is 5. The minimum Gasteiger partial charge on any atom is -0.310 e. The van der Waals surface area contributed by atoms with Crippen molar-refractivity contribution in [2.24, 2.45) is 0 Å². The van der Waals surface area contributed by atoms with Crippen molar-refractivity contribution >= 4 is 83.5 Å². The molecular formula is C52H43N3. The van der Waals surface area contributed by atoms with E-state index < -0.39 is 0 Å². The first kappa shape index (κ1) is 33.0. The molecule has 0 unspecified atom stereocenters. The highest BCUT2D eigenvalue weighted by Gasteiger charge is 2.28. The van der Waals surface area contributed by atoms with Gasteiger partial charge in [-0.15, -0.1) is 0 Å². The number of anilines is 9. The molecule has 6 bridgehead atoms. The highest BCUT2D eigenvalue weighted by atomic mass is 15.2. The molecule has 0 saturated carbocycles. The normalized spacial score (nSPS) is 12.9. The number of fused-ring (bicyclic) bond motifs is 8. The van der Waals surface area contributed by atoms with E-state index in [1.807, 2.05) is 0 Å². The maximum Gasteiger partial charge on any atom is 0.0561 e. The predicted octanol–water partition coefficient (Wildman–Crippen LogP) is 15.6. The van der Waals surface area contributed by atoms with Crippen LogP contribution in [-0.2, 0) is 0 Å². The maximum atomic E-state index is 2.48. The van der Waals surface area contributed by atoms with Crippen LogP contribution in [0, 0.1) is 0 Å². The van der Waals surface area contributed by atoms with E-state index in [1.54, 1.807) is 0 Å². The summed E-state index contributed by atoms with van der Waals surface area (Å²) in [4.78, 5) is 7.31. The van der Waals surface area contributed by atoms with Crippen molar-refractivity contribution in [3.05, 3.63) is 187 Å². The molecule has 0 N–H and O–H groups in total. The SMILES string of the molecule is CC(C)c1cc(C(C)C)c2ccc3c4cc(c5ccc1c2c53)N(c1ccccc1)c1cccc(c1)N(c1ccccc1)c1cccc(c1)N4c1ccccc1. The standard InChI is InChI=1S/C52H43N3/c1-34(2)47-32-48(35(3)4)44-27-29-46-50-33-49(45-28-26-43(47)51(44)52(45)46)54(37-18-10-6-11-19-37)41-24-14-22-39(30-41)53(36-16-8-5-9-17-36)40-23-15-25-42(31-40)55(50)38-20-12-7-13-21-38/h5-35H,1-4H3. The largest absolute Gasteiger partial charge is 0.310 e. The van der Waals surface area contributed by atoms with Crippen LogP contribution in [0.5, 0.6) is 0 Å². The Labute approximate surface area is 323 Å². The second kappa shape index (κ2) is 13.1. The summed E-state index contributed by atoms with van der Waals surface area (Å²) in [7, 11) is 0. The third kappa shape index (κ3) is 5.33. The fraction of sp³-hybridized carbons (Fsp3) is 0.115. The second-order valence-electron chi connectivity index (χ2n) is 15.4. The summed E-state index contributed by atoms with van der Waals surface area (Å²) in [6.07, 6.45) is 0. The van der Waals surface area contributed by atoms with E-state index in [0.717, 1.165) is 51.2 Å². The molecule has 1 heterocycles. The minimum atomic E-state index is 0.388. The number of benzene rings is 9. The van der Waals surface area contributed by atoms with Crippen LogP contribution in [0.25, 0.3) is 32.3 Å². The maximum absolute atomic E-state index is 2.48. The Kier molecular flexibility index (Phi) is 7.85. The van der Waals surface area contributed by atoms with E-state index in [-0.39, 0.29) is 0 Å². The molecule has 10 rings (SSSR count). The van der Waals surface area contributed by atoms with E-state index in [1.165, 1.54) is 43.4 Å². The van der Waals surface area contributed by atoms with Crippen LogP contribution in [0.2, 0.25) is 0 Å². The zero-order valence-electron chi connectivity index (χ0n) is 31.7. The van der Waals surface area contributed by atoms with E-state index in [9.17, 15) is 0 Å². The number of nitrogens with zero attached hydrogens (tertiary/aromatic N) is 3. The Bertz CT molecular complexity index is 2660. The average molecular weight is 710 g/mol. The lowest BCUT2D eigenvalue weighted by atomic mass is 9.83. The zero-order valence-corrected chi connectivity index (χ0v) is 31.7. The van der Waals surface area contributed by atoms with Gasteiger partial charge in [0.1, 0.15) is 0 Å². The molecule has 0 aliphatic carbocycles. The Morgan fingerprint density at radius 2 is 0.618 bits per heavy atom. The van der Waals surface area contributed by atoms with Gasteiger partial charge in [0.05, 0.1) is 11.4 Å². The number of para-hydroxylation sites is 3. The van der Waals surface area contributed by atoms with E-state index in [2.05, 4.69) is 218 Å². The lowest BCUT2D eigenvalue weighted by Crippen LogP contribution is -2.17. The first-order valence-electron chi connectivity index (χ1n) is 19.5. The summed E-state index contributed by atoms with van der Waals surface area (Å²) in [5, 5.41) is 7.83. The van der Waals surface area contributed by atoms with Gasteiger partial charge in [-0.05, 0) is 118 Å². The van der Waals surface area contributed by atoms with Gasteiger partial charge in [0.15, 0.2) is 0 Å². The topological polar surface area (TPSA) is 9.72 Å². The van der Waals surface area contributed by atoms with Crippen molar-refractivity contribution in [2.75, 3.05) is 14.7 Å². The van der Waals surface area contributed by atoms with E-state index in [0.29, 0.717) is 11.8 Å². The molecule has 266 valence electrons. The fourth-order valence-corrected chi connectivity index (χ4v) is 8.91. The summed E-state index contributed by atoms with van der Waals surface area (Å²) < 4.78 is 0.